The molecule has 12 heavy (non-hydrogen) atoms. The Bertz CT molecular complexity index is 379. The fourth-order valence-electron chi connectivity index (χ4n) is 0.692. The summed E-state index contributed by atoms with van der Waals surface area (Å²) in [4.78, 5) is 4.73. The van der Waals surface area contributed by atoms with Crippen LogP contribution in [-0.2, 0) is 9.73 Å². The molecule has 0 aliphatic heterocycles. The minimum absolute atomic E-state index is 0.686. The highest BCUT2D eigenvalue weighted by molar-refractivity contribution is 14.1. The van der Waals surface area contributed by atoms with E-state index in [0.29, 0.717) is 4.90 Å². The molecule has 66 valence electrons. The van der Waals surface area contributed by atoms with Crippen LogP contribution in [0.5, 0.6) is 0 Å². The highest BCUT2D eigenvalue weighted by Gasteiger charge is 2.03. The van der Waals surface area contributed by atoms with E-state index in [2.05, 4.69) is 31.9 Å². The van der Waals surface area contributed by atoms with Crippen molar-refractivity contribution in [2.45, 2.75) is 4.90 Å². The Morgan fingerprint density at radius 3 is 2.67 bits per heavy atom. The Morgan fingerprint density at radius 1 is 1.58 bits per heavy atom. The molecule has 0 saturated heterocycles. The van der Waals surface area contributed by atoms with Gasteiger partial charge in [-0.25, -0.2) is 13.6 Å². The summed E-state index contributed by atoms with van der Waals surface area (Å²) < 4.78 is 16.4. The van der Waals surface area contributed by atoms with Gasteiger partial charge in [-0.2, -0.15) is 0 Å². The molecule has 1 aromatic rings. The molecule has 1 aromatic heterocycles. The van der Waals surface area contributed by atoms with Crippen LogP contribution in [0.4, 0.5) is 0 Å². The number of rotatable bonds is 1. The molecule has 0 bridgehead atoms. The van der Waals surface area contributed by atoms with E-state index in [9.17, 15) is 4.21 Å². The lowest BCUT2D eigenvalue weighted by atomic mass is 10.5. The van der Waals surface area contributed by atoms with Gasteiger partial charge in [-0.05, 0) is 34.7 Å². The Kier molecular flexibility index (Phi) is 3.05. The normalized spacial score (nSPS) is 15.2. The predicted molar refractivity (Wildman–Crippen MR) is 57.6 cm³/mol. The van der Waals surface area contributed by atoms with Crippen molar-refractivity contribution in [2.75, 3.05) is 13.3 Å². The minimum Gasteiger partial charge on any atom is -0.249 e. The molecule has 5 heteroatoms. The lowest BCUT2D eigenvalue weighted by Crippen LogP contribution is -1.97. The van der Waals surface area contributed by atoms with Crippen molar-refractivity contribution in [3.05, 3.63) is 22.0 Å². The molecule has 1 unspecified atom stereocenters. The summed E-state index contributed by atoms with van der Waals surface area (Å²) in [5, 5.41) is 0. The van der Waals surface area contributed by atoms with Crippen molar-refractivity contribution < 1.29 is 4.21 Å². The van der Waals surface area contributed by atoms with E-state index in [1.165, 1.54) is 0 Å². The van der Waals surface area contributed by atoms with Crippen LogP contribution in [0.25, 0.3) is 0 Å². The van der Waals surface area contributed by atoms with E-state index < -0.39 is 9.73 Å². The molecular formula is C7H9IN2OS. The average molecular weight is 296 g/mol. The van der Waals surface area contributed by atoms with Gasteiger partial charge >= 0.3 is 0 Å². The van der Waals surface area contributed by atoms with Crippen LogP contribution in [0, 0.1) is 3.70 Å². The van der Waals surface area contributed by atoms with Gasteiger partial charge < -0.3 is 0 Å². The monoisotopic (exact) mass is 296 g/mol. The number of nitrogens with zero attached hydrogens (tertiary/aromatic N) is 2. The van der Waals surface area contributed by atoms with Gasteiger partial charge in [0.05, 0.1) is 14.6 Å². The van der Waals surface area contributed by atoms with Crippen LogP contribution in [0.3, 0.4) is 0 Å². The lowest BCUT2D eigenvalue weighted by molar-refractivity contribution is 0.679. The topological polar surface area (TPSA) is 42.3 Å². The van der Waals surface area contributed by atoms with E-state index >= 15 is 0 Å². The second-order valence-corrected chi connectivity index (χ2v) is 5.85. The molecule has 0 N–H and O–H groups in total. The zero-order valence-corrected chi connectivity index (χ0v) is 9.79. The first-order valence-corrected chi connectivity index (χ1v) is 6.28. The molecule has 0 radical (unpaired) electrons. The van der Waals surface area contributed by atoms with Gasteiger partial charge in [-0.1, -0.05) is 0 Å². The van der Waals surface area contributed by atoms with Crippen molar-refractivity contribution in [3.8, 4) is 0 Å². The number of aromatic nitrogens is 1. The van der Waals surface area contributed by atoms with Gasteiger partial charge in [0, 0.05) is 19.5 Å². The van der Waals surface area contributed by atoms with Crippen molar-refractivity contribution in [2.24, 2.45) is 4.36 Å². The molecule has 1 rings (SSSR count). The van der Waals surface area contributed by atoms with Crippen LogP contribution < -0.4 is 0 Å². The maximum atomic E-state index is 11.7. The van der Waals surface area contributed by atoms with Crippen LogP contribution in [0.2, 0.25) is 0 Å². The Hall–Kier alpha value is -0.170. The fraction of sp³-hybridized carbons (Fsp3) is 0.286. The molecule has 0 amide bonds. The van der Waals surface area contributed by atoms with Gasteiger partial charge in [0.1, 0.15) is 3.70 Å². The molecule has 0 fully saturated rings. The molecule has 0 aliphatic carbocycles. The first-order chi connectivity index (χ1) is 5.56. The smallest absolute Gasteiger partial charge is 0.101 e. The van der Waals surface area contributed by atoms with Crippen molar-refractivity contribution in [1.82, 2.24) is 4.98 Å². The number of hydrogen-bond donors (Lipinski definition) is 0. The maximum Gasteiger partial charge on any atom is 0.101 e. The Balaban J connectivity index is 3.24. The van der Waals surface area contributed by atoms with E-state index in [-0.39, 0.29) is 0 Å². The van der Waals surface area contributed by atoms with Crippen LogP contribution in [0.15, 0.2) is 27.6 Å². The standard InChI is InChI=1S/C7H9IN2OS/c1-9-12(2,11)6-3-4-7(8)10-5-6/h3-5H,1-2H3. The van der Waals surface area contributed by atoms with E-state index in [4.69, 9.17) is 0 Å². The zero-order chi connectivity index (χ0) is 9.19. The van der Waals surface area contributed by atoms with E-state index in [1.54, 1.807) is 25.6 Å². The molecule has 1 heterocycles. The molecule has 3 nitrogen and oxygen atoms in total. The number of halogens is 1. The molecule has 1 atom stereocenters. The highest BCUT2D eigenvalue weighted by atomic mass is 127. The summed E-state index contributed by atoms with van der Waals surface area (Å²) in [6, 6.07) is 3.62. The Labute approximate surface area is 85.9 Å². The molecule has 0 spiro atoms. The second-order valence-electron chi connectivity index (χ2n) is 2.30. The Morgan fingerprint density at radius 2 is 2.25 bits per heavy atom. The van der Waals surface area contributed by atoms with Crippen LogP contribution >= 0.6 is 22.6 Å². The van der Waals surface area contributed by atoms with Crippen molar-refractivity contribution in [1.29, 1.82) is 0 Å². The number of hydrogen-bond acceptors (Lipinski definition) is 3. The van der Waals surface area contributed by atoms with Crippen molar-refractivity contribution in [3.63, 3.8) is 0 Å². The summed E-state index contributed by atoms with van der Waals surface area (Å²) in [7, 11) is -0.650. The summed E-state index contributed by atoms with van der Waals surface area (Å²) in [6.07, 6.45) is 3.22. The second kappa shape index (κ2) is 3.69. The van der Waals surface area contributed by atoms with Gasteiger partial charge in [0.2, 0.25) is 0 Å². The first kappa shape index (κ1) is 9.91. The SMILES string of the molecule is CN=S(C)(=O)c1ccc(I)nc1. The minimum atomic E-state index is -2.21. The molecule has 0 aromatic carbocycles. The number of pyridine rings is 1. The van der Waals surface area contributed by atoms with Gasteiger partial charge in [-0.3, -0.25) is 0 Å². The summed E-state index contributed by atoms with van der Waals surface area (Å²) in [5.41, 5.74) is 0. The van der Waals surface area contributed by atoms with Crippen LogP contribution in [0.1, 0.15) is 0 Å². The highest BCUT2D eigenvalue weighted by Crippen LogP contribution is 2.10. The quantitative estimate of drug-likeness (QED) is 0.585. The van der Waals surface area contributed by atoms with Crippen molar-refractivity contribution >= 4 is 32.3 Å². The molecule has 0 saturated carbocycles. The summed E-state index contributed by atoms with van der Waals surface area (Å²) in [6.45, 7) is 0. The zero-order valence-electron chi connectivity index (χ0n) is 6.82. The van der Waals surface area contributed by atoms with Gasteiger partial charge in [-0.15, -0.1) is 0 Å². The maximum absolute atomic E-state index is 11.7. The first-order valence-electron chi connectivity index (χ1n) is 3.28. The third-order valence-electron chi connectivity index (χ3n) is 1.49. The summed E-state index contributed by atoms with van der Waals surface area (Å²) in [5.74, 6) is 0. The molecular weight excluding hydrogens is 287 g/mol. The third kappa shape index (κ3) is 2.16. The van der Waals surface area contributed by atoms with Crippen LogP contribution in [-0.4, -0.2) is 22.5 Å². The van der Waals surface area contributed by atoms with E-state index in [1.807, 2.05) is 6.07 Å². The van der Waals surface area contributed by atoms with E-state index in [0.717, 1.165) is 3.70 Å². The average Bonchev–Trinajstić information content (AvgIpc) is 2.05. The predicted octanol–water partition coefficient (Wildman–Crippen LogP) is 1.77. The molecule has 0 aliphatic rings. The third-order valence-corrected chi connectivity index (χ3v) is 3.94. The lowest BCUT2D eigenvalue weighted by Gasteiger charge is -2.01. The largest absolute Gasteiger partial charge is 0.249 e. The summed E-state index contributed by atoms with van der Waals surface area (Å²) >= 11 is 2.10. The fourth-order valence-corrected chi connectivity index (χ4v) is 1.79. The van der Waals surface area contributed by atoms with Gasteiger partial charge in [0.15, 0.2) is 0 Å². The van der Waals surface area contributed by atoms with Gasteiger partial charge in [0.25, 0.3) is 0 Å².